The van der Waals surface area contributed by atoms with Crippen LogP contribution in [0.1, 0.15) is 58.3 Å². The number of likely N-dealkylation sites (N-methyl/N-ethyl adjacent to an activating group) is 1. The van der Waals surface area contributed by atoms with E-state index in [1.807, 2.05) is 16.7 Å². The van der Waals surface area contributed by atoms with E-state index in [1.54, 1.807) is 0 Å². The first-order chi connectivity index (χ1) is 13.8. The molecule has 0 radical (unpaired) electrons. The summed E-state index contributed by atoms with van der Waals surface area (Å²) in [5.74, 6) is -1.15. The summed E-state index contributed by atoms with van der Waals surface area (Å²) < 4.78 is 0. The maximum absolute atomic E-state index is 13.0. The number of likely N-dealkylation sites (tertiary alicyclic amines) is 1. The molecule has 0 aromatic heterocycles. The Morgan fingerprint density at radius 2 is 1.31 bits per heavy atom. The monoisotopic (exact) mass is 406 g/mol. The molecule has 4 amide bonds. The molecule has 162 valence electrons. The number of nitrogens with two attached hydrogens (primary N) is 2. The molecular formula is C21H34N4O4. The van der Waals surface area contributed by atoms with E-state index < -0.39 is 0 Å². The lowest BCUT2D eigenvalue weighted by molar-refractivity contribution is -0.153. The summed E-state index contributed by atoms with van der Waals surface area (Å²) in [6.45, 7) is 3.63. The smallest absolute Gasteiger partial charge is 0.226 e. The van der Waals surface area contributed by atoms with Crippen LogP contribution in [0.3, 0.4) is 0 Å². The van der Waals surface area contributed by atoms with Crippen LogP contribution in [-0.2, 0) is 19.2 Å². The number of rotatable bonds is 6. The van der Waals surface area contributed by atoms with Crippen LogP contribution in [0.15, 0.2) is 0 Å². The Morgan fingerprint density at radius 3 is 1.83 bits per heavy atom. The molecule has 0 bridgehead atoms. The molecule has 4 N–H and O–H groups in total. The molecule has 4 unspecified atom stereocenters. The van der Waals surface area contributed by atoms with Crippen molar-refractivity contribution in [3.63, 3.8) is 0 Å². The van der Waals surface area contributed by atoms with Crippen molar-refractivity contribution in [2.24, 2.45) is 35.1 Å². The minimum absolute atomic E-state index is 0.0286. The zero-order valence-corrected chi connectivity index (χ0v) is 17.3. The average molecular weight is 407 g/mol. The van der Waals surface area contributed by atoms with Gasteiger partial charge in [-0.15, -0.1) is 0 Å². The molecule has 29 heavy (non-hydrogen) atoms. The number of primary amides is 2. The first-order valence-corrected chi connectivity index (χ1v) is 11.0. The fourth-order valence-electron chi connectivity index (χ4n) is 5.26. The van der Waals surface area contributed by atoms with E-state index in [4.69, 9.17) is 11.5 Å². The molecule has 3 fully saturated rings. The standard InChI is InChI=1S/C21H34N4O4/c1-2-25(21(29)16-8-4-6-14(10-16)19(23)27)17-11-24(12-17)20(28)15-7-3-5-13(9-15)18(22)26/h13-17H,2-12H2,1H3,(H2,22,26)(H2,23,27). The third-order valence-electron chi connectivity index (χ3n) is 7.09. The SMILES string of the molecule is CCN(C(=O)C1CCCC(C(N)=O)C1)C1CN(C(=O)C2CCCC(C(N)=O)C2)C1. The molecule has 1 heterocycles. The predicted molar refractivity (Wildman–Crippen MR) is 107 cm³/mol. The van der Waals surface area contributed by atoms with Crippen molar-refractivity contribution >= 4 is 23.6 Å². The molecule has 8 heteroatoms. The van der Waals surface area contributed by atoms with Gasteiger partial charge in [0.15, 0.2) is 0 Å². The highest BCUT2D eigenvalue weighted by atomic mass is 16.2. The highest BCUT2D eigenvalue weighted by molar-refractivity contribution is 5.84. The molecule has 3 rings (SSSR count). The van der Waals surface area contributed by atoms with Gasteiger partial charge in [-0.25, -0.2) is 0 Å². The number of carbonyl (C=O) groups excluding carboxylic acids is 4. The Labute approximate surface area is 172 Å². The van der Waals surface area contributed by atoms with Crippen LogP contribution in [0.25, 0.3) is 0 Å². The highest BCUT2D eigenvalue weighted by Crippen LogP contribution is 2.34. The van der Waals surface area contributed by atoms with Gasteiger partial charge in [0, 0.05) is 43.3 Å². The summed E-state index contributed by atoms with van der Waals surface area (Å²) in [6, 6.07) is 0.0286. The van der Waals surface area contributed by atoms with E-state index in [0.29, 0.717) is 32.5 Å². The van der Waals surface area contributed by atoms with Gasteiger partial charge >= 0.3 is 0 Å². The van der Waals surface area contributed by atoms with Gasteiger partial charge < -0.3 is 21.3 Å². The van der Waals surface area contributed by atoms with E-state index >= 15 is 0 Å². The Hall–Kier alpha value is -2.12. The molecule has 1 saturated heterocycles. The molecule has 0 aromatic carbocycles. The zero-order chi connectivity index (χ0) is 21.1. The Kier molecular flexibility index (Phi) is 6.80. The topological polar surface area (TPSA) is 127 Å². The number of carbonyl (C=O) groups is 4. The minimum Gasteiger partial charge on any atom is -0.369 e. The predicted octanol–water partition coefficient (Wildman–Crippen LogP) is 0.629. The van der Waals surface area contributed by atoms with Crippen LogP contribution >= 0.6 is 0 Å². The van der Waals surface area contributed by atoms with Gasteiger partial charge in [-0.2, -0.15) is 0 Å². The fraction of sp³-hybridized carbons (Fsp3) is 0.810. The molecule has 8 nitrogen and oxygen atoms in total. The van der Waals surface area contributed by atoms with Crippen molar-refractivity contribution in [3.05, 3.63) is 0 Å². The minimum atomic E-state index is -0.312. The van der Waals surface area contributed by atoms with Crippen LogP contribution in [0.5, 0.6) is 0 Å². The maximum atomic E-state index is 13.0. The van der Waals surface area contributed by atoms with Crippen LogP contribution in [-0.4, -0.2) is 59.1 Å². The number of hydrogen-bond acceptors (Lipinski definition) is 4. The summed E-state index contributed by atoms with van der Waals surface area (Å²) in [5, 5.41) is 0. The molecule has 0 aromatic rings. The second kappa shape index (κ2) is 9.13. The zero-order valence-electron chi connectivity index (χ0n) is 17.3. The van der Waals surface area contributed by atoms with Gasteiger partial charge in [-0.3, -0.25) is 19.2 Å². The lowest BCUT2D eigenvalue weighted by Gasteiger charge is -2.47. The van der Waals surface area contributed by atoms with E-state index in [0.717, 1.165) is 38.5 Å². The van der Waals surface area contributed by atoms with Crippen LogP contribution < -0.4 is 11.5 Å². The summed E-state index contributed by atoms with van der Waals surface area (Å²) in [7, 11) is 0. The quantitative estimate of drug-likeness (QED) is 0.670. The second-order valence-electron chi connectivity index (χ2n) is 8.95. The largest absolute Gasteiger partial charge is 0.369 e. The van der Waals surface area contributed by atoms with Crippen molar-refractivity contribution < 1.29 is 19.2 Å². The number of amides is 4. The van der Waals surface area contributed by atoms with Gasteiger partial charge in [0.05, 0.1) is 6.04 Å². The summed E-state index contributed by atoms with van der Waals surface area (Å²) >= 11 is 0. The van der Waals surface area contributed by atoms with Gasteiger partial charge in [0.2, 0.25) is 23.6 Å². The molecule has 2 aliphatic carbocycles. The molecule has 4 atom stereocenters. The van der Waals surface area contributed by atoms with Crippen molar-refractivity contribution in [3.8, 4) is 0 Å². The van der Waals surface area contributed by atoms with Gasteiger partial charge in [-0.1, -0.05) is 12.8 Å². The first-order valence-electron chi connectivity index (χ1n) is 11.0. The molecule has 0 spiro atoms. The van der Waals surface area contributed by atoms with Crippen molar-refractivity contribution in [2.45, 2.75) is 64.3 Å². The second-order valence-corrected chi connectivity index (χ2v) is 8.95. The maximum Gasteiger partial charge on any atom is 0.226 e. The highest BCUT2D eigenvalue weighted by Gasteiger charge is 2.42. The van der Waals surface area contributed by atoms with Crippen LogP contribution in [0, 0.1) is 23.7 Å². The summed E-state index contributed by atoms with van der Waals surface area (Å²) in [4.78, 5) is 52.5. The van der Waals surface area contributed by atoms with Gasteiger partial charge in [-0.05, 0) is 45.4 Å². The van der Waals surface area contributed by atoms with E-state index in [-0.39, 0.29) is 53.3 Å². The summed E-state index contributed by atoms with van der Waals surface area (Å²) in [6.07, 6.45) is 5.92. The fourth-order valence-corrected chi connectivity index (χ4v) is 5.26. The third-order valence-corrected chi connectivity index (χ3v) is 7.09. The van der Waals surface area contributed by atoms with Gasteiger partial charge in [0.1, 0.15) is 0 Å². The lowest BCUT2D eigenvalue weighted by Crippen LogP contribution is -2.64. The first kappa shape index (κ1) is 21.6. The summed E-state index contributed by atoms with van der Waals surface area (Å²) in [5.41, 5.74) is 10.9. The van der Waals surface area contributed by atoms with Crippen molar-refractivity contribution in [2.75, 3.05) is 19.6 Å². The molecule has 3 aliphatic rings. The van der Waals surface area contributed by atoms with Crippen LogP contribution in [0.2, 0.25) is 0 Å². The third kappa shape index (κ3) is 4.73. The molecular weight excluding hydrogens is 372 g/mol. The van der Waals surface area contributed by atoms with E-state index in [1.165, 1.54) is 0 Å². The Bertz CT molecular complexity index is 661. The Morgan fingerprint density at radius 1 is 0.828 bits per heavy atom. The average Bonchev–Trinajstić information content (AvgIpc) is 2.69. The van der Waals surface area contributed by atoms with E-state index in [9.17, 15) is 19.2 Å². The normalized spacial score (nSPS) is 30.3. The Balaban J connectivity index is 1.53. The van der Waals surface area contributed by atoms with Crippen LogP contribution in [0.4, 0.5) is 0 Å². The van der Waals surface area contributed by atoms with Crippen molar-refractivity contribution in [1.82, 2.24) is 9.80 Å². The molecule has 2 saturated carbocycles. The van der Waals surface area contributed by atoms with Gasteiger partial charge in [0.25, 0.3) is 0 Å². The lowest BCUT2D eigenvalue weighted by atomic mass is 9.79. The molecule has 1 aliphatic heterocycles. The number of hydrogen-bond donors (Lipinski definition) is 2. The van der Waals surface area contributed by atoms with E-state index in [2.05, 4.69) is 0 Å². The van der Waals surface area contributed by atoms with Crippen molar-refractivity contribution in [1.29, 1.82) is 0 Å². The number of nitrogens with zero attached hydrogens (tertiary/aromatic N) is 2.